The molecule has 0 aliphatic rings. The molecule has 2 nitrogen and oxygen atoms in total. The molecule has 1 N–H and O–H groups in total. The lowest BCUT2D eigenvalue weighted by atomic mass is 10.0. The fourth-order valence-electron chi connectivity index (χ4n) is 3.28. The van der Waals surface area contributed by atoms with Gasteiger partial charge in [-0.3, -0.25) is 0 Å². The summed E-state index contributed by atoms with van der Waals surface area (Å²) in [6.07, 6.45) is 4.18. The van der Waals surface area contributed by atoms with Gasteiger partial charge in [-0.25, -0.2) is 4.39 Å². The first-order chi connectivity index (χ1) is 11.5. The van der Waals surface area contributed by atoms with Crippen LogP contribution in [0.2, 0.25) is 0 Å². The zero-order valence-corrected chi connectivity index (χ0v) is 14.9. The summed E-state index contributed by atoms with van der Waals surface area (Å²) in [5.74, 6) is -0.201. The van der Waals surface area contributed by atoms with Crippen LogP contribution >= 0.6 is 0 Å². The molecule has 0 radical (unpaired) electrons. The number of rotatable bonds is 1. The number of aromatic nitrogens is 2. The Hall–Kier alpha value is -2.55. The number of hydrogen-bond donors (Lipinski definition) is 1. The van der Waals surface area contributed by atoms with Crippen LogP contribution in [0.5, 0.6) is 0 Å². The zero-order valence-electron chi connectivity index (χ0n) is 14.9. The van der Waals surface area contributed by atoms with Crippen LogP contribution in [0, 0.1) is 26.6 Å². The Kier molecular flexibility index (Phi) is 4.18. The lowest BCUT2D eigenvalue weighted by molar-refractivity contribution is 0.630. The van der Waals surface area contributed by atoms with Crippen molar-refractivity contribution in [2.24, 2.45) is 0 Å². The molecular weight excluding hydrogens is 299 g/mol. The highest BCUT2D eigenvalue weighted by molar-refractivity contribution is 6.10. The van der Waals surface area contributed by atoms with Gasteiger partial charge in [0.05, 0.1) is 0 Å². The number of aromatic amines is 1. The van der Waals surface area contributed by atoms with Crippen LogP contribution in [0.25, 0.3) is 27.5 Å². The fraction of sp³-hybridized carbons (Fsp3) is 0.238. The summed E-state index contributed by atoms with van der Waals surface area (Å²) in [7, 11) is 0. The highest BCUT2D eigenvalue weighted by Crippen LogP contribution is 2.34. The maximum absolute atomic E-state index is 13.7. The monoisotopic (exact) mass is 322 g/mol. The predicted octanol–water partition coefficient (Wildman–Crippen LogP) is 6.20. The second-order valence-electron chi connectivity index (χ2n) is 6.00. The van der Waals surface area contributed by atoms with Crippen molar-refractivity contribution in [1.82, 2.24) is 9.55 Å². The molecule has 0 spiro atoms. The third kappa shape index (κ3) is 2.50. The van der Waals surface area contributed by atoms with Crippen molar-refractivity contribution < 1.29 is 4.39 Å². The fourth-order valence-corrected chi connectivity index (χ4v) is 3.28. The molecule has 2 heterocycles. The molecule has 2 aromatic heterocycles. The standard InChI is InChI=1S/C19H17FN2.C2H6/c1-11-6-7-22(10-11)17-8-12(2)19-18(13(17)3)15-9-14(20)4-5-16(15)21-19;1-2/h4-10,21H,1-3H3;1-2H3. The Bertz CT molecular complexity index is 1020. The third-order valence-electron chi connectivity index (χ3n) is 4.39. The first-order valence-corrected chi connectivity index (χ1v) is 8.41. The van der Waals surface area contributed by atoms with Crippen LogP contribution in [0.3, 0.4) is 0 Å². The van der Waals surface area contributed by atoms with Gasteiger partial charge < -0.3 is 9.55 Å². The van der Waals surface area contributed by atoms with Gasteiger partial charge >= 0.3 is 0 Å². The van der Waals surface area contributed by atoms with Gasteiger partial charge in [-0.15, -0.1) is 0 Å². The van der Waals surface area contributed by atoms with E-state index in [1.54, 1.807) is 6.07 Å². The van der Waals surface area contributed by atoms with Crippen LogP contribution in [-0.4, -0.2) is 9.55 Å². The van der Waals surface area contributed by atoms with Crippen molar-refractivity contribution in [3.8, 4) is 5.69 Å². The van der Waals surface area contributed by atoms with E-state index in [4.69, 9.17) is 0 Å². The molecule has 0 unspecified atom stereocenters. The van der Waals surface area contributed by atoms with E-state index in [-0.39, 0.29) is 5.82 Å². The lowest BCUT2D eigenvalue weighted by Crippen LogP contribution is -1.96. The van der Waals surface area contributed by atoms with Crippen molar-refractivity contribution in [3.05, 3.63) is 65.2 Å². The molecule has 24 heavy (non-hydrogen) atoms. The maximum atomic E-state index is 13.7. The molecule has 0 bridgehead atoms. The average Bonchev–Trinajstić information content (AvgIpc) is 3.16. The lowest BCUT2D eigenvalue weighted by Gasteiger charge is -2.11. The summed E-state index contributed by atoms with van der Waals surface area (Å²) in [5, 5.41) is 2.05. The second-order valence-corrected chi connectivity index (χ2v) is 6.00. The van der Waals surface area contributed by atoms with Gasteiger partial charge in [-0.2, -0.15) is 0 Å². The number of fused-ring (bicyclic) bond motifs is 3. The van der Waals surface area contributed by atoms with Gasteiger partial charge in [0, 0.05) is 39.9 Å². The van der Waals surface area contributed by atoms with Gasteiger partial charge in [0.1, 0.15) is 5.82 Å². The molecular formula is C21H23FN2. The molecule has 0 saturated carbocycles. The topological polar surface area (TPSA) is 20.7 Å². The molecule has 0 atom stereocenters. The Morgan fingerprint density at radius 1 is 1.00 bits per heavy atom. The van der Waals surface area contributed by atoms with E-state index in [1.165, 1.54) is 17.2 Å². The smallest absolute Gasteiger partial charge is 0.123 e. The Balaban J connectivity index is 0.000000815. The number of nitrogens with one attached hydrogen (secondary N) is 1. The molecule has 4 rings (SSSR count). The van der Waals surface area contributed by atoms with Crippen LogP contribution in [0.4, 0.5) is 4.39 Å². The second kappa shape index (κ2) is 6.16. The first-order valence-electron chi connectivity index (χ1n) is 8.41. The summed E-state index contributed by atoms with van der Waals surface area (Å²) in [5.41, 5.74) is 6.76. The number of hydrogen-bond acceptors (Lipinski definition) is 0. The molecule has 0 aliphatic heterocycles. The molecule has 124 valence electrons. The van der Waals surface area contributed by atoms with Gasteiger partial charge in [-0.1, -0.05) is 13.8 Å². The Morgan fingerprint density at radius 2 is 1.75 bits per heavy atom. The van der Waals surface area contributed by atoms with Gasteiger partial charge in [0.15, 0.2) is 0 Å². The maximum Gasteiger partial charge on any atom is 0.123 e. The highest BCUT2D eigenvalue weighted by atomic mass is 19.1. The number of H-pyrrole nitrogens is 1. The van der Waals surface area contributed by atoms with Crippen molar-refractivity contribution in [3.63, 3.8) is 0 Å². The van der Waals surface area contributed by atoms with E-state index in [1.807, 2.05) is 19.9 Å². The Morgan fingerprint density at radius 3 is 2.42 bits per heavy atom. The van der Waals surface area contributed by atoms with Crippen molar-refractivity contribution in [2.75, 3.05) is 0 Å². The van der Waals surface area contributed by atoms with E-state index < -0.39 is 0 Å². The minimum Gasteiger partial charge on any atom is -0.354 e. The van der Waals surface area contributed by atoms with E-state index >= 15 is 0 Å². The summed E-state index contributed by atoms with van der Waals surface area (Å²) >= 11 is 0. The van der Waals surface area contributed by atoms with E-state index in [9.17, 15) is 4.39 Å². The molecule has 2 aromatic carbocycles. The number of benzene rings is 2. The number of nitrogens with zero attached hydrogens (tertiary/aromatic N) is 1. The zero-order chi connectivity index (χ0) is 17.4. The van der Waals surface area contributed by atoms with Crippen molar-refractivity contribution in [1.29, 1.82) is 0 Å². The van der Waals surface area contributed by atoms with Gasteiger partial charge in [0.25, 0.3) is 0 Å². The van der Waals surface area contributed by atoms with E-state index in [0.717, 1.165) is 33.1 Å². The number of halogens is 1. The van der Waals surface area contributed by atoms with Gasteiger partial charge in [0.2, 0.25) is 0 Å². The quantitative estimate of drug-likeness (QED) is 0.430. The van der Waals surface area contributed by atoms with E-state index in [2.05, 4.69) is 54.8 Å². The van der Waals surface area contributed by atoms with Crippen molar-refractivity contribution in [2.45, 2.75) is 34.6 Å². The van der Waals surface area contributed by atoms with E-state index in [0.29, 0.717) is 0 Å². The summed E-state index contributed by atoms with van der Waals surface area (Å²) < 4.78 is 15.8. The molecule has 4 aromatic rings. The van der Waals surface area contributed by atoms with Crippen molar-refractivity contribution >= 4 is 21.8 Å². The molecule has 0 amide bonds. The average molecular weight is 322 g/mol. The van der Waals surface area contributed by atoms with Crippen LogP contribution in [-0.2, 0) is 0 Å². The Labute approximate surface area is 141 Å². The molecule has 3 heteroatoms. The highest BCUT2D eigenvalue weighted by Gasteiger charge is 2.14. The summed E-state index contributed by atoms with van der Waals surface area (Å²) in [6, 6.07) is 9.20. The minimum atomic E-state index is -0.201. The normalized spacial score (nSPS) is 10.9. The molecule has 0 saturated heterocycles. The van der Waals surface area contributed by atoms with Gasteiger partial charge in [-0.05, 0) is 67.8 Å². The largest absolute Gasteiger partial charge is 0.354 e. The van der Waals surface area contributed by atoms with Crippen LogP contribution < -0.4 is 0 Å². The van der Waals surface area contributed by atoms with Crippen LogP contribution in [0.1, 0.15) is 30.5 Å². The predicted molar refractivity (Wildman–Crippen MR) is 101 cm³/mol. The third-order valence-corrected chi connectivity index (χ3v) is 4.39. The summed E-state index contributed by atoms with van der Waals surface area (Å²) in [6.45, 7) is 10.3. The minimum absolute atomic E-state index is 0.201. The SMILES string of the molecule is CC.Cc1ccn(-c2cc(C)c3[nH]c4ccc(F)cc4c3c2C)c1. The first kappa shape index (κ1) is 16.3. The van der Waals surface area contributed by atoms with Crippen LogP contribution in [0.15, 0.2) is 42.7 Å². The molecule has 0 fully saturated rings. The molecule has 0 aliphatic carbocycles. The summed E-state index contributed by atoms with van der Waals surface area (Å²) in [4.78, 5) is 3.42. The number of aryl methyl sites for hydroxylation is 3.